The maximum Gasteiger partial charge on any atom is 0.328 e. The van der Waals surface area contributed by atoms with E-state index in [-0.39, 0.29) is 12.0 Å². The van der Waals surface area contributed by atoms with E-state index in [1.807, 2.05) is 24.0 Å². The molecule has 1 aromatic carbocycles. The number of ether oxygens (including phenoxy) is 1. The summed E-state index contributed by atoms with van der Waals surface area (Å²) in [5.41, 5.74) is 0.805. The molecule has 0 bridgehead atoms. The molecule has 1 atom stereocenters. The zero-order chi connectivity index (χ0) is 15.2. The second-order valence-corrected chi connectivity index (χ2v) is 4.96. The van der Waals surface area contributed by atoms with Gasteiger partial charge in [0.2, 0.25) is 5.91 Å². The highest BCUT2D eigenvalue weighted by Crippen LogP contribution is 2.20. The minimum absolute atomic E-state index is 0.0286. The molecule has 1 fully saturated rings. The molecular formula is C16H19NO4. The van der Waals surface area contributed by atoms with Gasteiger partial charge in [-0.3, -0.25) is 4.79 Å². The Morgan fingerprint density at radius 3 is 2.71 bits per heavy atom. The van der Waals surface area contributed by atoms with Crippen molar-refractivity contribution in [1.82, 2.24) is 4.90 Å². The Morgan fingerprint density at radius 2 is 2.10 bits per heavy atom. The van der Waals surface area contributed by atoms with Crippen molar-refractivity contribution in [3.05, 3.63) is 35.9 Å². The summed E-state index contributed by atoms with van der Waals surface area (Å²) in [4.78, 5) is 23.9. The molecule has 5 heteroatoms. The molecule has 1 heterocycles. The predicted molar refractivity (Wildman–Crippen MR) is 79.0 cm³/mol. The lowest BCUT2D eigenvalue weighted by Gasteiger charge is -2.16. The van der Waals surface area contributed by atoms with E-state index in [0.717, 1.165) is 30.4 Å². The molecule has 5 nitrogen and oxygen atoms in total. The van der Waals surface area contributed by atoms with Crippen LogP contribution in [0.5, 0.6) is 5.75 Å². The fourth-order valence-electron chi connectivity index (χ4n) is 2.29. The van der Waals surface area contributed by atoms with E-state index in [0.29, 0.717) is 13.0 Å². The first-order chi connectivity index (χ1) is 10.1. The molecule has 1 aliphatic rings. The van der Waals surface area contributed by atoms with Crippen molar-refractivity contribution in [3.8, 4) is 5.75 Å². The number of rotatable bonds is 5. The molecule has 2 rings (SSSR count). The smallest absolute Gasteiger partial charge is 0.328 e. The van der Waals surface area contributed by atoms with Crippen LogP contribution in [-0.2, 0) is 9.59 Å². The lowest BCUT2D eigenvalue weighted by molar-refractivity contribution is -0.131. The van der Waals surface area contributed by atoms with E-state index in [4.69, 9.17) is 9.84 Å². The predicted octanol–water partition coefficient (Wildman–Crippen LogP) is 2.17. The summed E-state index contributed by atoms with van der Waals surface area (Å²) in [7, 11) is 0. The first-order valence-corrected chi connectivity index (χ1v) is 7.04. The monoisotopic (exact) mass is 289 g/mol. The molecule has 21 heavy (non-hydrogen) atoms. The Hall–Kier alpha value is -2.30. The average molecular weight is 289 g/mol. The van der Waals surface area contributed by atoms with Gasteiger partial charge < -0.3 is 14.7 Å². The fourth-order valence-corrected chi connectivity index (χ4v) is 2.29. The highest BCUT2D eigenvalue weighted by atomic mass is 16.5. The van der Waals surface area contributed by atoms with Crippen LogP contribution in [0.15, 0.2) is 30.3 Å². The van der Waals surface area contributed by atoms with Crippen molar-refractivity contribution in [3.63, 3.8) is 0 Å². The third kappa shape index (κ3) is 4.34. The molecule has 0 saturated carbocycles. The highest BCUT2D eigenvalue weighted by molar-refractivity contribution is 5.85. The van der Waals surface area contributed by atoms with Crippen LogP contribution < -0.4 is 4.74 Å². The maximum absolute atomic E-state index is 11.6. The normalized spacial score (nSPS) is 18.1. The van der Waals surface area contributed by atoms with Gasteiger partial charge in [0.05, 0.1) is 6.54 Å². The van der Waals surface area contributed by atoms with Crippen LogP contribution in [-0.4, -0.2) is 41.1 Å². The van der Waals surface area contributed by atoms with Crippen LogP contribution in [0.25, 0.3) is 6.08 Å². The summed E-state index contributed by atoms with van der Waals surface area (Å²) in [6.45, 7) is 3.24. The number of amides is 1. The lowest BCUT2D eigenvalue weighted by Crippen LogP contribution is -2.30. The Kier molecular flexibility index (Phi) is 4.98. The van der Waals surface area contributed by atoms with Gasteiger partial charge in [0.1, 0.15) is 11.9 Å². The van der Waals surface area contributed by atoms with Crippen molar-refractivity contribution in [2.45, 2.75) is 25.9 Å². The number of benzene rings is 1. The van der Waals surface area contributed by atoms with Crippen LogP contribution in [0.2, 0.25) is 0 Å². The van der Waals surface area contributed by atoms with Crippen molar-refractivity contribution >= 4 is 18.0 Å². The van der Waals surface area contributed by atoms with Crippen LogP contribution in [0, 0.1) is 0 Å². The molecule has 1 aliphatic heterocycles. The highest BCUT2D eigenvalue weighted by Gasteiger charge is 2.26. The van der Waals surface area contributed by atoms with Gasteiger partial charge in [-0.15, -0.1) is 0 Å². The number of hydrogen-bond donors (Lipinski definition) is 1. The fraction of sp³-hybridized carbons (Fsp3) is 0.375. The van der Waals surface area contributed by atoms with Gasteiger partial charge in [0, 0.05) is 25.5 Å². The van der Waals surface area contributed by atoms with E-state index in [1.165, 1.54) is 6.08 Å². The Morgan fingerprint density at radius 1 is 1.38 bits per heavy atom. The number of hydrogen-bond acceptors (Lipinski definition) is 3. The van der Waals surface area contributed by atoms with Crippen molar-refractivity contribution in [2.75, 3.05) is 13.1 Å². The zero-order valence-corrected chi connectivity index (χ0v) is 12.0. The number of carbonyl (C=O) groups is 2. The summed E-state index contributed by atoms with van der Waals surface area (Å²) in [6.07, 6.45) is 4.02. The van der Waals surface area contributed by atoms with Crippen molar-refractivity contribution in [1.29, 1.82) is 0 Å². The number of carboxylic acids is 1. The summed E-state index contributed by atoms with van der Waals surface area (Å²) >= 11 is 0. The summed E-state index contributed by atoms with van der Waals surface area (Å²) in [5.74, 6) is -0.0736. The van der Waals surface area contributed by atoms with E-state index in [9.17, 15) is 9.59 Å². The molecule has 1 N–H and O–H groups in total. The van der Waals surface area contributed by atoms with Gasteiger partial charge >= 0.3 is 5.97 Å². The maximum atomic E-state index is 11.6. The minimum atomic E-state index is -0.970. The molecule has 1 saturated heterocycles. The number of nitrogens with zero attached hydrogens (tertiary/aromatic N) is 1. The molecule has 0 aromatic heterocycles. The number of likely N-dealkylation sites (tertiary alicyclic amines) is 1. The molecule has 1 aromatic rings. The first-order valence-electron chi connectivity index (χ1n) is 7.04. The van der Waals surface area contributed by atoms with Gasteiger partial charge in [0.25, 0.3) is 0 Å². The SMILES string of the molecule is CCC(=O)N1CCC(Oc2ccc(/C=C/C(=O)O)cc2)C1. The largest absolute Gasteiger partial charge is 0.489 e. The van der Waals surface area contributed by atoms with E-state index in [1.54, 1.807) is 12.1 Å². The van der Waals surface area contributed by atoms with Crippen LogP contribution in [0.1, 0.15) is 25.3 Å². The molecule has 0 radical (unpaired) electrons. The average Bonchev–Trinajstić information content (AvgIpc) is 2.94. The molecule has 0 aliphatic carbocycles. The van der Waals surface area contributed by atoms with Crippen molar-refractivity contribution < 1.29 is 19.4 Å². The van der Waals surface area contributed by atoms with E-state index < -0.39 is 5.97 Å². The topological polar surface area (TPSA) is 66.8 Å². The van der Waals surface area contributed by atoms with Gasteiger partial charge in [-0.25, -0.2) is 4.79 Å². The minimum Gasteiger partial charge on any atom is -0.489 e. The Balaban J connectivity index is 1.89. The van der Waals surface area contributed by atoms with Crippen LogP contribution in [0.3, 0.4) is 0 Å². The molecule has 112 valence electrons. The summed E-state index contributed by atoms with van der Waals surface area (Å²) in [5, 5.41) is 8.57. The van der Waals surface area contributed by atoms with Gasteiger partial charge in [-0.05, 0) is 23.8 Å². The third-order valence-electron chi connectivity index (χ3n) is 3.40. The van der Waals surface area contributed by atoms with Crippen LogP contribution >= 0.6 is 0 Å². The van der Waals surface area contributed by atoms with Crippen molar-refractivity contribution in [2.24, 2.45) is 0 Å². The van der Waals surface area contributed by atoms with E-state index in [2.05, 4.69) is 0 Å². The zero-order valence-electron chi connectivity index (χ0n) is 12.0. The number of aliphatic carboxylic acids is 1. The Labute approximate surface area is 123 Å². The standard InChI is InChI=1S/C16H19NO4/c1-2-15(18)17-10-9-14(11-17)21-13-6-3-12(4-7-13)5-8-16(19)20/h3-8,14H,2,9-11H2,1H3,(H,19,20)/b8-5+. The lowest BCUT2D eigenvalue weighted by atomic mass is 10.2. The third-order valence-corrected chi connectivity index (χ3v) is 3.40. The van der Waals surface area contributed by atoms with Gasteiger partial charge in [-0.1, -0.05) is 19.1 Å². The quantitative estimate of drug-likeness (QED) is 0.844. The van der Waals surface area contributed by atoms with Gasteiger partial charge in [-0.2, -0.15) is 0 Å². The van der Waals surface area contributed by atoms with E-state index >= 15 is 0 Å². The number of carboxylic acid groups (broad SMARTS) is 1. The Bertz CT molecular complexity index is 536. The van der Waals surface area contributed by atoms with Crippen LogP contribution in [0.4, 0.5) is 0 Å². The second-order valence-electron chi connectivity index (χ2n) is 4.96. The molecule has 1 amide bonds. The molecule has 1 unspecified atom stereocenters. The number of carbonyl (C=O) groups excluding carboxylic acids is 1. The molecule has 0 spiro atoms. The summed E-state index contributed by atoms with van der Waals surface area (Å²) < 4.78 is 5.85. The summed E-state index contributed by atoms with van der Waals surface area (Å²) in [6, 6.07) is 7.23. The first kappa shape index (κ1) is 15.1. The van der Waals surface area contributed by atoms with Gasteiger partial charge in [0.15, 0.2) is 0 Å². The molecular weight excluding hydrogens is 270 g/mol. The second kappa shape index (κ2) is 6.92.